The molecular weight excluding hydrogens is 382 g/mol. The van der Waals surface area contributed by atoms with Gasteiger partial charge in [-0.2, -0.15) is 10.2 Å². The van der Waals surface area contributed by atoms with Crippen molar-refractivity contribution in [1.29, 1.82) is 0 Å². The lowest BCUT2D eigenvalue weighted by atomic mass is 10.2. The van der Waals surface area contributed by atoms with Gasteiger partial charge in [0.2, 0.25) is 0 Å². The Labute approximate surface area is 166 Å². The zero-order valence-corrected chi connectivity index (χ0v) is 16.7. The van der Waals surface area contributed by atoms with Gasteiger partial charge in [-0.05, 0) is 49.7 Å². The number of aromatic nitrogens is 1. The Balaban J connectivity index is 1.80. The van der Waals surface area contributed by atoms with E-state index in [0.29, 0.717) is 10.8 Å². The third kappa shape index (κ3) is 4.53. The van der Waals surface area contributed by atoms with Crippen molar-refractivity contribution in [2.45, 2.75) is 13.8 Å². The van der Waals surface area contributed by atoms with Crippen LogP contribution in [0.15, 0.2) is 52.7 Å². The molecule has 2 aromatic carbocycles. The third-order valence-corrected chi connectivity index (χ3v) is 5.40. The number of thiazole rings is 1. The van der Waals surface area contributed by atoms with E-state index >= 15 is 0 Å². The van der Waals surface area contributed by atoms with Gasteiger partial charge in [0, 0.05) is 10.6 Å². The first-order chi connectivity index (χ1) is 13.0. The molecule has 138 valence electrons. The van der Waals surface area contributed by atoms with E-state index in [9.17, 15) is 5.11 Å². The normalized spacial score (nSPS) is 11.9. The molecule has 0 bridgehead atoms. The van der Waals surface area contributed by atoms with Gasteiger partial charge < -0.3 is 9.84 Å². The highest BCUT2D eigenvalue weighted by atomic mass is 35.5. The zero-order chi connectivity index (χ0) is 19.4. The van der Waals surface area contributed by atoms with Crippen LogP contribution in [0.5, 0.6) is 11.5 Å². The molecule has 0 aliphatic heterocycles. The van der Waals surface area contributed by atoms with E-state index in [-0.39, 0.29) is 5.75 Å². The number of aryl methyl sites for hydroxylation is 1. The average Bonchev–Trinajstić information content (AvgIpc) is 3.04. The molecule has 0 fully saturated rings. The number of hydrogen-bond donors (Lipinski definition) is 1. The molecule has 7 heteroatoms. The van der Waals surface area contributed by atoms with Crippen LogP contribution in [0, 0.1) is 6.92 Å². The molecule has 0 aliphatic rings. The number of halogens is 1. The lowest BCUT2D eigenvalue weighted by molar-refractivity contribution is 0.373. The molecule has 3 rings (SSSR count). The Kier molecular flexibility index (Phi) is 5.88. The number of hydrogen-bond acceptors (Lipinski definition) is 6. The molecule has 1 N–H and O–H groups in total. The summed E-state index contributed by atoms with van der Waals surface area (Å²) >= 11 is 7.51. The first-order valence-corrected chi connectivity index (χ1v) is 9.35. The summed E-state index contributed by atoms with van der Waals surface area (Å²) in [6.45, 7) is 3.85. The van der Waals surface area contributed by atoms with E-state index < -0.39 is 0 Å². The lowest BCUT2D eigenvalue weighted by Gasteiger charge is -2.02. The smallest absolute Gasteiger partial charge is 0.160 e. The van der Waals surface area contributed by atoms with E-state index in [2.05, 4.69) is 15.2 Å². The molecule has 0 radical (unpaired) electrons. The van der Waals surface area contributed by atoms with Crippen LogP contribution in [-0.2, 0) is 0 Å². The SMILES string of the molecule is COc1ccc(/C=N/N=C(\C)c2sc(-c3ccc(Cl)cc3)nc2C)cc1O. The predicted molar refractivity (Wildman–Crippen MR) is 112 cm³/mol. The highest BCUT2D eigenvalue weighted by molar-refractivity contribution is 7.17. The fraction of sp³-hybridized carbons (Fsp3) is 0.150. The van der Waals surface area contributed by atoms with Crippen LogP contribution >= 0.6 is 22.9 Å². The summed E-state index contributed by atoms with van der Waals surface area (Å²) in [7, 11) is 1.51. The minimum absolute atomic E-state index is 0.0630. The number of benzene rings is 2. The fourth-order valence-electron chi connectivity index (χ4n) is 2.46. The van der Waals surface area contributed by atoms with Crippen LogP contribution < -0.4 is 4.74 Å². The Morgan fingerprint density at radius 1 is 1.22 bits per heavy atom. The standard InChI is InChI=1S/C20H18ClN3O2S/c1-12-19(27-20(23-12)15-5-7-16(21)8-6-15)13(2)24-22-11-14-4-9-18(26-3)17(25)10-14/h4-11,25H,1-3H3/b22-11+,24-13+. The first-order valence-electron chi connectivity index (χ1n) is 8.16. The van der Waals surface area contributed by atoms with Gasteiger partial charge in [0.15, 0.2) is 11.5 Å². The van der Waals surface area contributed by atoms with Crippen molar-refractivity contribution in [1.82, 2.24) is 4.98 Å². The predicted octanol–water partition coefficient (Wildman–Crippen LogP) is 5.33. The van der Waals surface area contributed by atoms with Gasteiger partial charge >= 0.3 is 0 Å². The number of aromatic hydroxyl groups is 1. The van der Waals surface area contributed by atoms with Crippen LogP contribution in [0.3, 0.4) is 0 Å². The first kappa shape index (κ1) is 19.1. The number of methoxy groups -OCH3 is 1. The lowest BCUT2D eigenvalue weighted by Crippen LogP contribution is -1.93. The summed E-state index contributed by atoms with van der Waals surface area (Å²) in [6, 6.07) is 12.6. The van der Waals surface area contributed by atoms with Gasteiger partial charge in [-0.25, -0.2) is 4.98 Å². The summed E-state index contributed by atoms with van der Waals surface area (Å²) in [5, 5.41) is 19.8. The molecule has 1 aromatic heterocycles. The molecule has 0 spiro atoms. The van der Waals surface area contributed by atoms with Crippen molar-refractivity contribution in [2.75, 3.05) is 7.11 Å². The number of nitrogens with zero attached hydrogens (tertiary/aromatic N) is 3. The average molecular weight is 400 g/mol. The van der Waals surface area contributed by atoms with Crippen LogP contribution in [0.1, 0.15) is 23.1 Å². The maximum atomic E-state index is 9.81. The molecular formula is C20H18ClN3O2S. The molecule has 0 unspecified atom stereocenters. The second kappa shape index (κ2) is 8.33. The highest BCUT2D eigenvalue weighted by Crippen LogP contribution is 2.29. The van der Waals surface area contributed by atoms with Crippen molar-refractivity contribution < 1.29 is 9.84 Å². The maximum Gasteiger partial charge on any atom is 0.160 e. The van der Waals surface area contributed by atoms with E-state index in [0.717, 1.165) is 32.4 Å². The van der Waals surface area contributed by atoms with Crippen LogP contribution in [0.4, 0.5) is 0 Å². The van der Waals surface area contributed by atoms with E-state index in [1.165, 1.54) is 7.11 Å². The largest absolute Gasteiger partial charge is 0.504 e. The van der Waals surface area contributed by atoms with Crippen LogP contribution in [0.2, 0.25) is 5.02 Å². The second-order valence-electron chi connectivity index (χ2n) is 5.80. The Morgan fingerprint density at radius 2 is 1.96 bits per heavy atom. The van der Waals surface area contributed by atoms with Crippen molar-refractivity contribution in [2.24, 2.45) is 10.2 Å². The molecule has 0 atom stereocenters. The number of rotatable bonds is 5. The summed E-state index contributed by atoms with van der Waals surface area (Å²) < 4.78 is 5.02. The van der Waals surface area contributed by atoms with Crippen LogP contribution in [0.25, 0.3) is 10.6 Å². The molecule has 27 heavy (non-hydrogen) atoms. The molecule has 0 amide bonds. The summed E-state index contributed by atoms with van der Waals surface area (Å²) in [4.78, 5) is 5.61. The number of phenolic OH excluding ortho intramolecular Hbond substituents is 1. The molecule has 0 saturated heterocycles. The monoisotopic (exact) mass is 399 g/mol. The second-order valence-corrected chi connectivity index (χ2v) is 7.24. The van der Waals surface area contributed by atoms with Crippen LogP contribution in [-0.4, -0.2) is 29.1 Å². The summed E-state index contributed by atoms with van der Waals surface area (Å²) in [5.74, 6) is 0.481. The quantitative estimate of drug-likeness (QED) is 0.465. The minimum Gasteiger partial charge on any atom is -0.504 e. The van der Waals surface area contributed by atoms with Gasteiger partial charge in [-0.15, -0.1) is 11.3 Å². The molecule has 1 heterocycles. The summed E-state index contributed by atoms with van der Waals surface area (Å²) in [6.07, 6.45) is 1.58. The van der Waals surface area contributed by atoms with Gasteiger partial charge in [0.25, 0.3) is 0 Å². The van der Waals surface area contributed by atoms with Crippen molar-refractivity contribution in [3.8, 4) is 22.1 Å². The Bertz CT molecular complexity index is 1010. The maximum absolute atomic E-state index is 9.81. The zero-order valence-electron chi connectivity index (χ0n) is 15.1. The van der Waals surface area contributed by atoms with Gasteiger partial charge in [-0.3, -0.25) is 0 Å². The van der Waals surface area contributed by atoms with Crippen molar-refractivity contribution in [3.05, 3.63) is 63.6 Å². The minimum atomic E-state index is 0.0630. The number of ether oxygens (including phenoxy) is 1. The van der Waals surface area contributed by atoms with Crippen molar-refractivity contribution >= 4 is 34.9 Å². The number of phenols is 1. The van der Waals surface area contributed by atoms with Gasteiger partial charge in [0.1, 0.15) is 5.01 Å². The highest BCUT2D eigenvalue weighted by Gasteiger charge is 2.12. The fourth-order valence-corrected chi connectivity index (χ4v) is 3.60. The molecule has 0 saturated carbocycles. The molecule has 0 aliphatic carbocycles. The van der Waals surface area contributed by atoms with Crippen molar-refractivity contribution in [3.63, 3.8) is 0 Å². The third-order valence-electron chi connectivity index (χ3n) is 3.83. The Morgan fingerprint density at radius 3 is 2.63 bits per heavy atom. The van der Waals surface area contributed by atoms with E-state index in [4.69, 9.17) is 16.3 Å². The summed E-state index contributed by atoms with van der Waals surface area (Å²) in [5.41, 5.74) is 3.43. The van der Waals surface area contributed by atoms with E-state index in [1.54, 1.807) is 35.8 Å². The molecule has 3 aromatic rings. The topological polar surface area (TPSA) is 67.1 Å². The van der Waals surface area contributed by atoms with E-state index in [1.807, 2.05) is 38.1 Å². The Hall–Kier alpha value is -2.70. The van der Waals surface area contributed by atoms with Gasteiger partial charge in [0.05, 0.1) is 29.6 Å². The van der Waals surface area contributed by atoms with Gasteiger partial charge in [-0.1, -0.05) is 23.7 Å². The molecule has 5 nitrogen and oxygen atoms in total.